The molecule has 0 aliphatic carbocycles. The third-order valence-electron chi connectivity index (χ3n) is 6.55. The number of para-hydroxylation sites is 1. The van der Waals surface area contributed by atoms with Crippen molar-refractivity contribution >= 4 is 38.6 Å². The van der Waals surface area contributed by atoms with Crippen LogP contribution in [0.1, 0.15) is 63.7 Å². The smallest absolute Gasteiger partial charge is 0.506 e. The third kappa shape index (κ3) is 9.52. The maximum atomic E-state index is 13.9. The van der Waals surface area contributed by atoms with Gasteiger partial charge in [-0.1, -0.05) is 41.0 Å². The van der Waals surface area contributed by atoms with Gasteiger partial charge in [-0.25, -0.2) is 20.9 Å². The topological polar surface area (TPSA) is 216 Å². The molecule has 14 nitrogen and oxygen atoms in total. The second-order valence-corrected chi connectivity index (χ2v) is 13.0. The minimum atomic E-state index is -5.11. The highest BCUT2D eigenvalue weighted by molar-refractivity contribution is 7.48. The third-order valence-corrected chi connectivity index (χ3v) is 7.94. The Hall–Kier alpha value is -3.45. The molecule has 1 aliphatic heterocycles. The van der Waals surface area contributed by atoms with Gasteiger partial charge in [0.15, 0.2) is 5.75 Å². The number of fused-ring (bicyclic) bond motifs is 2. The van der Waals surface area contributed by atoms with Crippen molar-refractivity contribution in [2.24, 2.45) is 11.8 Å². The van der Waals surface area contributed by atoms with E-state index in [2.05, 4.69) is 47.5 Å². The molecule has 2 aromatic rings. The van der Waals surface area contributed by atoms with E-state index in [9.17, 15) is 28.8 Å². The number of hydrogen-bond donors (Lipinski definition) is 6. The van der Waals surface area contributed by atoms with E-state index < -0.39 is 33.1 Å². The molecular weight excluding hydrogens is 614 g/mol. The number of anilines is 3. The van der Waals surface area contributed by atoms with Crippen LogP contribution < -0.4 is 31.1 Å². The number of benzene rings is 2. The van der Waals surface area contributed by atoms with E-state index in [0.717, 1.165) is 30.9 Å². The Bertz CT molecular complexity index is 1560. The minimum Gasteiger partial charge on any atom is -0.506 e. The second-order valence-electron chi connectivity index (χ2n) is 10.3. The zero-order chi connectivity index (χ0) is 32.7. The van der Waals surface area contributed by atoms with Crippen LogP contribution in [0, 0.1) is 0 Å². The number of rotatable bonds is 14. The van der Waals surface area contributed by atoms with Crippen LogP contribution in [-0.2, 0) is 18.4 Å². The number of hydrogen-bond acceptors (Lipinski definition) is 11. The quantitative estimate of drug-likeness (QED) is 0.0576. The number of phenols is 1. The molecule has 0 aromatic heterocycles. The van der Waals surface area contributed by atoms with Gasteiger partial charge in [0.1, 0.15) is 17.2 Å². The maximum absolute atomic E-state index is 13.9. The number of nitrogens with two attached hydrogens (primary N) is 2. The molecule has 0 unspecified atom stereocenters. The van der Waals surface area contributed by atoms with Crippen molar-refractivity contribution in [1.29, 1.82) is 0 Å². The van der Waals surface area contributed by atoms with Gasteiger partial charge < -0.3 is 24.4 Å². The Kier molecular flexibility index (Phi) is 12.0. The van der Waals surface area contributed by atoms with E-state index in [1.807, 2.05) is 13.0 Å². The summed E-state index contributed by atoms with van der Waals surface area (Å²) in [5, 5.41) is 13.5. The number of carbonyl (C=O) groups is 1. The summed E-state index contributed by atoms with van der Waals surface area (Å²) in [7, 11) is -9.76. The van der Waals surface area contributed by atoms with E-state index in [1.165, 1.54) is 40.3 Å². The van der Waals surface area contributed by atoms with Gasteiger partial charge in [-0.3, -0.25) is 14.6 Å². The van der Waals surface area contributed by atoms with Crippen molar-refractivity contribution in [2.75, 3.05) is 16.8 Å². The summed E-state index contributed by atoms with van der Waals surface area (Å²) in [6.07, 6.45) is 9.65. The van der Waals surface area contributed by atoms with Crippen molar-refractivity contribution in [2.45, 2.75) is 53.4 Å². The molecule has 3 rings (SSSR count). The van der Waals surface area contributed by atoms with Gasteiger partial charge in [-0.05, 0) is 65.5 Å². The first kappa shape index (κ1) is 35.0. The van der Waals surface area contributed by atoms with Crippen LogP contribution in [0.4, 0.5) is 17.1 Å². The van der Waals surface area contributed by atoms with Crippen LogP contribution in [0.2, 0.25) is 0 Å². The molecule has 0 saturated carbocycles. The van der Waals surface area contributed by atoms with Crippen molar-refractivity contribution < 1.29 is 47.1 Å². The summed E-state index contributed by atoms with van der Waals surface area (Å²) in [6, 6.07) is 6.43. The summed E-state index contributed by atoms with van der Waals surface area (Å²) in [5.41, 5.74) is 3.51. The molecule has 0 fully saturated rings. The van der Waals surface area contributed by atoms with E-state index in [1.54, 1.807) is 0 Å². The normalized spacial score (nSPS) is 13.9. The van der Waals surface area contributed by atoms with E-state index in [0.29, 0.717) is 6.42 Å². The lowest BCUT2D eigenvalue weighted by Crippen LogP contribution is -2.30. The highest BCUT2D eigenvalue weighted by atomic mass is 31.2. The Labute approximate surface area is 255 Å². The number of allylic oxidation sites excluding steroid dienone is 5. The number of aromatic hydroxyl groups is 1. The largest absolute Gasteiger partial charge is 0.563 e. The van der Waals surface area contributed by atoms with Gasteiger partial charge in [0.2, 0.25) is 0 Å². The number of nitrogens with zero attached hydrogens (tertiary/aromatic N) is 1. The van der Waals surface area contributed by atoms with Crippen molar-refractivity contribution in [3.05, 3.63) is 70.8 Å². The average Bonchev–Trinajstić information content (AvgIpc) is 3.05. The van der Waals surface area contributed by atoms with Gasteiger partial charge >= 0.3 is 15.6 Å². The number of phenolic OH excluding ortho intramolecular Hbond substituents is 1. The van der Waals surface area contributed by atoms with Gasteiger partial charge in [-0.2, -0.15) is 9.25 Å². The molecule has 16 heteroatoms. The highest BCUT2D eigenvalue weighted by Crippen LogP contribution is 2.54. The van der Waals surface area contributed by atoms with Crippen LogP contribution in [-0.4, -0.2) is 27.3 Å². The van der Waals surface area contributed by atoms with Crippen LogP contribution >= 0.6 is 15.6 Å². The zero-order valence-electron chi connectivity index (χ0n) is 24.9. The lowest BCUT2D eigenvalue weighted by atomic mass is 10.1. The Morgan fingerprint density at radius 2 is 1.57 bits per heavy atom. The number of phosphoric acid groups is 2. The number of phosphoric ester groups is 1. The van der Waals surface area contributed by atoms with Crippen molar-refractivity contribution in [1.82, 2.24) is 0 Å². The van der Waals surface area contributed by atoms with Gasteiger partial charge in [-0.15, -0.1) is 0 Å². The molecule has 8 N–H and O–H groups in total. The van der Waals surface area contributed by atoms with E-state index in [4.69, 9.17) is 20.8 Å². The second kappa shape index (κ2) is 15.0. The fourth-order valence-corrected chi connectivity index (χ4v) is 5.26. The van der Waals surface area contributed by atoms with Crippen LogP contribution in [0.15, 0.2) is 65.3 Å². The first-order chi connectivity index (χ1) is 20.7. The van der Waals surface area contributed by atoms with Crippen LogP contribution in [0.25, 0.3) is 0 Å². The summed E-state index contributed by atoms with van der Waals surface area (Å²) in [4.78, 5) is 34.1. The molecule has 0 atom stereocenters. The predicted octanol–water partition coefficient (Wildman–Crippen LogP) is 6.25. The molecule has 0 bridgehead atoms. The van der Waals surface area contributed by atoms with Crippen molar-refractivity contribution in [3.63, 3.8) is 0 Å². The van der Waals surface area contributed by atoms with E-state index >= 15 is 0 Å². The average molecular weight is 653 g/mol. The fraction of sp³-hybridized carbons (Fsp3) is 0.321. The first-order valence-electron chi connectivity index (χ1n) is 13.5. The van der Waals surface area contributed by atoms with Crippen LogP contribution in [0.3, 0.4) is 0 Å². The molecule has 1 aliphatic rings. The van der Waals surface area contributed by atoms with E-state index in [-0.39, 0.29) is 34.9 Å². The number of carbonyl (C=O) groups excluding carboxylic acids is 1. The molecule has 240 valence electrons. The minimum absolute atomic E-state index is 0.00501. The van der Waals surface area contributed by atoms with Crippen molar-refractivity contribution in [3.8, 4) is 17.2 Å². The molecule has 0 spiro atoms. The molecule has 44 heavy (non-hydrogen) atoms. The summed E-state index contributed by atoms with van der Waals surface area (Å²) >= 11 is 0. The lowest BCUT2D eigenvalue weighted by molar-refractivity contribution is 0.0990. The maximum Gasteiger partial charge on any atom is 0.563 e. The first-order valence-corrected chi connectivity index (χ1v) is 16.5. The molecule has 2 aromatic carbocycles. The molecule has 0 radical (unpaired) electrons. The predicted molar refractivity (Wildman–Crippen MR) is 166 cm³/mol. The summed E-state index contributed by atoms with van der Waals surface area (Å²) in [6.45, 7) is 8.14. The summed E-state index contributed by atoms with van der Waals surface area (Å²) < 4.78 is 43.1. The molecule has 1 heterocycles. The lowest BCUT2D eigenvalue weighted by Gasteiger charge is -2.25. The summed E-state index contributed by atoms with van der Waals surface area (Å²) in [5.74, 6) is 8.33. The number of nitrogens with one attached hydrogen (secondary N) is 1. The Morgan fingerprint density at radius 1 is 0.932 bits per heavy atom. The SMILES string of the molecule is CC(C)=CCC/C(C)=C/CC/C(C)=C/CN1C(=O)c2cccc(O)c2Nc2c(OP(=O)(ON)ON)cc(OP(=O)(O)O)cc21. The van der Waals surface area contributed by atoms with Crippen LogP contribution in [0.5, 0.6) is 17.2 Å². The monoisotopic (exact) mass is 652 g/mol. The highest BCUT2D eigenvalue weighted by Gasteiger charge is 2.35. The van der Waals surface area contributed by atoms with Gasteiger partial charge in [0.25, 0.3) is 5.91 Å². The Morgan fingerprint density at radius 3 is 2.18 bits per heavy atom. The van der Waals surface area contributed by atoms with Gasteiger partial charge in [0.05, 0.1) is 16.9 Å². The Balaban J connectivity index is 2.05. The molecular formula is C28H38N4O10P2. The van der Waals surface area contributed by atoms with Gasteiger partial charge in [0, 0.05) is 18.7 Å². The zero-order valence-corrected chi connectivity index (χ0v) is 26.6. The molecule has 1 amide bonds. The molecule has 0 saturated heterocycles. The number of amides is 1. The standard InChI is InChI=1S/C28H38N4O10P2/c1-18(2)8-5-9-19(3)10-6-11-20(4)14-15-32-23-16-21(39-43(35,36)37)17-25(40-44(38,41-29)42-30)27(23)31-26-22(28(32)34)12-7-13-24(26)33/h7-8,10,12-14,16-17,31,33H,5-6,9,11,15,29-30H2,1-4H3,(H2,35,36,37)/b19-10+,20-14+. The fourth-order valence-electron chi connectivity index (χ4n) is 4.36.